The molecular formula is C16H22N2OS. The fourth-order valence-electron chi connectivity index (χ4n) is 1.74. The van der Waals surface area contributed by atoms with Crippen LogP contribution >= 0.6 is 11.8 Å². The number of thioether (sulfide) groups is 1. The van der Waals surface area contributed by atoms with Gasteiger partial charge in [-0.05, 0) is 29.5 Å². The number of benzene rings is 1. The molecule has 0 bridgehead atoms. The first-order chi connectivity index (χ1) is 9.40. The summed E-state index contributed by atoms with van der Waals surface area (Å²) in [5.41, 5.74) is 2.43. The van der Waals surface area contributed by atoms with E-state index in [9.17, 15) is 0 Å². The highest BCUT2D eigenvalue weighted by molar-refractivity contribution is 7.99. The first-order valence-electron chi connectivity index (χ1n) is 7.01. The SMILES string of the molecule is CCC(C)Sc1nnc(-c2ccc(C(C)(C)C)cc2)o1. The molecule has 0 spiro atoms. The van der Waals surface area contributed by atoms with Crippen LogP contribution in [-0.4, -0.2) is 15.4 Å². The van der Waals surface area contributed by atoms with Crippen LogP contribution in [0.4, 0.5) is 0 Å². The van der Waals surface area contributed by atoms with Crippen LogP contribution in [-0.2, 0) is 5.41 Å². The van der Waals surface area contributed by atoms with Crippen LogP contribution in [0.5, 0.6) is 0 Å². The summed E-state index contributed by atoms with van der Waals surface area (Å²) in [4.78, 5) is 0. The summed E-state index contributed by atoms with van der Waals surface area (Å²) in [6.07, 6.45) is 1.09. The van der Waals surface area contributed by atoms with Crippen molar-refractivity contribution in [1.82, 2.24) is 10.2 Å². The van der Waals surface area contributed by atoms with E-state index in [0.29, 0.717) is 16.4 Å². The molecule has 0 fully saturated rings. The Balaban J connectivity index is 2.16. The van der Waals surface area contributed by atoms with Crippen LogP contribution in [0.2, 0.25) is 0 Å². The molecule has 2 aromatic rings. The summed E-state index contributed by atoms with van der Waals surface area (Å²) in [6.45, 7) is 10.9. The Bertz CT molecular complexity index is 555. The van der Waals surface area contributed by atoms with Crippen LogP contribution < -0.4 is 0 Å². The molecule has 0 N–H and O–H groups in total. The third-order valence-electron chi connectivity index (χ3n) is 3.28. The van der Waals surface area contributed by atoms with Crippen LogP contribution in [0.15, 0.2) is 33.9 Å². The zero-order chi connectivity index (χ0) is 14.8. The van der Waals surface area contributed by atoms with E-state index in [1.165, 1.54) is 5.56 Å². The van der Waals surface area contributed by atoms with Gasteiger partial charge in [0.05, 0.1) is 0 Å². The van der Waals surface area contributed by atoms with Crippen molar-refractivity contribution in [1.29, 1.82) is 0 Å². The van der Waals surface area contributed by atoms with Crippen molar-refractivity contribution in [3.8, 4) is 11.5 Å². The first-order valence-corrected chi connectivity index (χ1v) is 7.89. The second-order valence-electron chi connectivity index (χ2n) is 6.04. The van der Waals surface area contributed by atoms with Gasteiger partial charge in [0, 0.05) is 10.8 Å². The van der Waals surface area contributed by atoms with Crippen molar-refractivity contribution in [3.05, 3.63) is 29.8 Å². The van der Waals surface area contributed by atoms with Gasteiger partial charge in [0.2, 0.25) is 5.89 Å². The molecule has 1 heterocycles. The number of nitrogens with zero attached hydrogens (tertiary/aromatic N) is 2. The smallest absolute Gasteiger partial charge is 0.277 e. The predicted octanol–water partition coefficient (Wildman–Crippen LogP) is 4.92. The molecule has 0 aliphatic rings. The molecular weight excluding hydrogens is 268 g/mol. The Hall–Kier alpha value is -1.29. The van der Waals surface area contributed by atoms with Gasteiger partial charge < -0.3 is 4.42 Å². The average molecular weight is 290 g/mol. The molecule has 108 valence electrons. The van der Waals surface area contributed by atoms with Gasteiger partial charge in [0.25, 0.3) is 5.22 Å². The van der Waals surface area contributed by atoms with E-state index in [0.717, 1.165) is 12.0 Å². The van der Waals surface area contributed by atoms with E-state index >= 15 is 0 Å². The number of hydrogen-bond donors (Lipinski definition) is 0. The van der Waals surface area contributed by atoms with Gasteiger partial charge in [0.1, 0.15) is 0 Å². The molecule has 0 aliphatic heterocycles. The second-order valence-corrected chi connectivity index (χ2v) is 7.43. The monoisotopic (exact) mass is 290 g/mol. The normalized spacial score (nSPS) is 13.4. The maximum Gasteiger partial charge on any atom is 0.277 e. The Morgan fingerprint density at radius 1 is 1.15 bits per heavy atom. The highest BCUT2D eigenvalue weighted by Gasteiger charge is 2.15. The number of rotatable bonds is 4. The lowest BCUT2D eigenvalue weighted by Crippen LogP contribution is -2.10. The van der Waals surface area contributed by atoms with Crippen LogP contribution in [0, 0.1) is 0 Å². The maximum atomic E-state index is 5.71. The first kappa shape index (κ1) is 15.1. The average Bonchev–Trinajstić information content (AvgIpc) is 2.86. The predicted molar refractivity (Wildman–Crippen MR) is 84.0 cm³/mol. The van der Waals surface area contributed by atoms with Gasteiger partial charge in [-0.2, -0.15) is 0 Å². The summed E-state index contributed by atoms with van der Waals surface area (Å²) < 4.78 is 5.71. The van der Waals surface area contributed by atoms with E-state index in [-0.39, 0.29) is 5.41 Å². The van der Waals surface area contributed by atoms with Gasteiger partial charge in [-0.15, -0.1) is 10.2 Å². The number of aromatic nitrogens is 2. The van der Waals surface area contributed by atoms with E-state index in [4.69, 9.17) is 4.42 Å². The van der Waals surface area contributed by atoms with Gasteiger partial charge >= 0.3 is 0 Å². The third kappa shape index (κ3) is 3.63. The summed E-state index contributed by atoms with van der Waals surface area (Å²) in [7, 11) is 0. The fourth-order valence-corrected chi connectivity index (χ4v) is 2.47. The van der Waals surface area contributed by atoms with E-state index in [2.05, 4.69) is 56.9 Å². The van der Waals surface area contributed by atoms with Gasteiger partial charge in [-0.3, -0.25) is 0 Å². The van der Waals surface area contributed by atoms with Crippen molar-refractivity contribution < 1.29 is 4.42 Å². The Morgan fingerprint density at radius 3 is 2.35 bits per heavy atom. The second kappa shape index (κ2) is 6.00. The highest BCUT2D eigenvalue weighted by atomic mass is 32.2. The van der Waals surface area contributed by atoms with Crippen molar-refractivity contribution >= 4 is 11.8 Å². The highest BCUT2D eigenvalue weighted by Crippen LogP contribution is 2.29. The molecule has 0 saturated heterocycles. The Morgan fingerprint density at radius 2 is 1.80 bits per heavy atom. The van der Waals surface area contributed by atoms with Gasteiger partial charge in [-0.1, -0.05) is 58.5 Å². The molecule has 1 aromatic heterocycles. The maximum absolute atomic E-state index is 5.71. The lowest BCUT2D eigenvalue weighted by atomic mass is 9.87. The molecule has 0 aliphatic carbocycles. The molecule has 0 radical (unpaired) electrons. The zero-order valence-corrected chi connectivity index (χ0v) is 13.6. The van der Waals surface area contributed by atoms with E-state index in [1.807, 2.05) is 12.1 Å². The summed E-state index contributed by atoms with van der Waals surface area (Å²) >= 11 is 1.63. The molecule has 4 heteroatoms. The standard InChI is InChI=1S/C16H22N2OS/c1-6-11(2)20-15-18-17-14(19-15)12-7-9-13(10-8-12)16(3,4)5/h7-11H,6H2,1-5H3. The topological polar surface area (TPSA) is 38.9 Å². The van der Waals surface area contributed by atoms with Crippen LogP contribution in [0.25, 0.3) is 11.5 Å². The molecule has 3 nitrogen and oxygen atoms in total. The minimum absolute atomic E-state index is 0.158. The van der Waals surface area contributed by atoms with Gasteiger partial charge in [-0.25, -0.2) is 0 Å². The largest absolute Gasteiger partial charge is 0.411 e. The fraction of sp³-hybridized carbons (Fsp3) is 0.500. The minimum Gasteiger partial charge on any atom is -0.411 e. The van der Waals surface area contributed by atoms with E-state index in [1.54, 1.807) is 11.8 Å². The zero-order valence-electron chi connectivity index (χ0n) is 12.8. The summed E-state index contributed by atoms with van der Waals surface area (Å²) in [5, 5.41) is 9.37. The molecule has 1 atom stereocenters. The van der Waals surface area contributed by atoms with Crippen molar-refractivity contribution in [3.63, 3.8) is 0 Å². The molecule has 2 rings (SSSR count). The van der Waals surface area contributed by atoms with E-state index < -0.39 is 0 Å². The Labute approximate surface area is 125 Å². The van der Waals surface area contributed by atoms with Crippen LogP contribution in [0.1, 0.15) is 46.6 Å². The van der Waals surface area contributed by atoms with Crippen molar-refractivity contribution in [2.45, 2.75) is 56.9 Å². The molecule has 0 saturated carbocycles. The quantitative estimate of drug-likeness (QED) is 0.749. The molecule has 1 unspecified atom stereocenters. The summed E-state index contributed by atoms with van der Waals surface area (Å²) in [6, 6.07) is 8.35. The molecule has 0 amide bonds. The lowest BCUT2D eigenvalue weighted by Gasteiger charge is -2.18. The Kier molecular flexibility index (Phi) is 4.53. The number of hydrogen-bond acceptors (Lipinski definition) is 4. The lowest BCUT2D eigenvalue weighted by molar-refractivity contribution is 0.464. The summed E-state index contributed by atoms with van der Waals surface area (Å²) in [5.74, 6) is 0.594. The molecule has 20 heavy (non-hydrogen) atoms. The minimum atomic E-state index is 0.158. The van der Waals surface area contributed by atoms with Crippen LogP contribution in [0.3, 0.4) is 0 Å². The van der Waals surface area contributed by atoms with Crippen molar-refractivity contribution in [2.75, 3.05) is 0 Å². The van der Waals surface area contributed by atoms with Gasteiger partial charge in [0.15, 0.2) is 0 Å². The molecule has 1 aromatic carbocycles. The third-order valence-corrected chi connectivity index (χ3v) is 4.38. The van der Waals surface area contributed by atoms with Crippen molar-refractivity contribution in [2.24, 2.45) is 0 Å².